The Kier molecular flexibility index (Phi) is 7.55. The predicted octanol–water partition coefficient (Wildman–Crippen LogP) is 1.10. The standard InChI is InChI=1S/C21H25N5O7S2/c1-6-10-7-34-17-13(16(28)26(17)14(10)18(29)30)24-15(27)12(11-8-35-20(22)23-11)25-33-9(2)19(31)32-21(3,4)5/h6,8-9,13,17H,1,7H2,2-5H3,(H2,22,23)(H,24,27)(H,29,30)/t9?,13?,17-/m0/s1. The summed E-state index contributed by atoms with van der Waals surface area (Å²) in [6, 6.07) is -1.00. The number of thioether (sulfide) groups is 1. The highest BCUT2D eigenvalue weighted by molar-refractivity contribution is 8.00. The number of oxime groups is 1. The van der Waals surface area contributed by atoms with Crippen LogP contribution < -0.4 is 11.1 Å². The van der Waals surface area contributed by atoms with Gasteiger partial charge < -0.3 is 25.7 Å². The van der Waals surface area contributed by atoms with Crippen molar-refractivity contribution < 1.29 is 33.9 Å². The van der Waals surface area contributed by atoms with Crippen LogP contribution in [-0.4, -0.2) is 73.3 Å². The quantitative estimate of drug-likeness (QED) is 0.194. The summed E-state index contributed by atoms with van der Waals surface area (Å²) in [7, 11) is 0. The van der Waals surface area contributed by atoms with Gasteiger partial charge in [-0.25, -0.2) is 14.6 Å². The van der Waals surface area contributed by atoms with Crippen LogP contribution in [0.3, 0.4) is 0 Å². The van der Waals surface area contributed by atoms with Crippen LogP contribution in [0.25, 0.3) is 0 Å². The summed E-state index contributed by atoms with van der Waals surface area (Å²) in [6.07, 6.45) is 0.259. The molecule has 1 aromatic rings. The van der Waals surface area contributed by atoms with Crippen LogP contribution in [0.15, 0.2) is 34.5 Å². The van der Waals surface area contributed by atoms with Crippen LogP contribution in [0, 0.1) is 0 Å². The van der Waals surface area contributed by atoms with Crippen molar-refractivity contribution in [3.63, 3.8) is 0 Å². The van der Waals surface area contributed by atoms with Gasteiger partial charge in [0.25, 0.3) is 11.8 Å². The van der Waals surface area contributed by atoms with E-state index in [9.17, 15) is 24.3 Å². The summed E-state index contributed by atoms with van der Waals surface area (Å²) in [5, 5.41) is 16.9. The summed E-state index contributed by atoms with van der Waals surface area (Å²) in [5.74, 6) is -3.03. The van der Waals surface area contributed by atoms with Crippen molar-refractivity contribution in [2.24, 2.45) is 5.16 Å². The first-order chi connectivity index (χ1) is 16.3. The SMILES string of the molecule is C=CC1=C(C(=O)O)N2C(=O)C(NC(=O)C(=NOC(C)C(=O)OC(C)(C)C)c3csc(N)n3)[C@@H]2SC1. The van der Waals surface area contributed by atoms with Gasteiger partial charge in [0.05, 0.1) is 0 Å². The summed E-state index contributed by atoms with van der Waals surface area (Å²) < 4.78 is 5.23. The van der Waals surface area contributed by atoms with Crippen molar-refractivity contribution in [1.82, 2.24) is 15.2 Å². The number of hydrogen-bond acceptors (Lipinski definition) is 11. The van der Waals surface area contributed by atoms with E-state index in [-0.39, 0.29) is 22.2 Å². The van der Waals surface area contributed by atoms with Crippen molar-refractivity contribution in [3.8, 4) is 0 Å². The minimum absolute atomic E-state index is 0.0846. The molecule has 0 bridgehead atoms. The Morgan fingerprint density at radius 3 is 2.66 bits per heavy atom. The third-order valence-electron chi connectivity index (χ3n) is 4.75. The molecule has 2 unspecified atom stereocenters. The van der Waals surface area contributed by atoms with E-state index in [4.69, 9.17) is 15.3 Å². The Hall–Kier alpha value is -3.39. The number of aromatic nitrogens is 1. The lowest BCUT2D eigenvalue weighted by atomic mass is 10.0. The van der Waals surface area contributed by atoms with Crippen molar-refractivity contribution in [2.75, 3.05) is 11.5 Å². The molecule has 1 aromatic heterocycles. The number of esters is 1. The molecule has 0 spiro atoms. The molecular weight excluding hydrogens is 498 g/mol. The number of nitrogen functional groups attached to an aromatic ring is 1. The fraction of sp³-hybridized carbons (Fsp3) is 0.429. The first-order valence-corrected chi connectivity index (χ1v) is 12.3. The number of amides is 2. The molecule has 2 amide bonds. The van der Waals surface area contributed by atoms with Crippen LogP contribution in [0.1, 0.15) is 33.4 Å². The largest absolute Gasteiger partial charge is 0.477 e. The van der Waals surface area contributed by atoms with Gasteiger partial charge >= 0.3 is 11.9 Å². The second-order valence-electron chi connectivity index (χ2n) is 8.54. The molecule has 0 aliphatic carbocycles. The molecule has 0 radical (unpaired) electrons. The topological polar surface area (TPSA) is 174 Å². The number of hydrogen-bond donors (Lipinski definition) is 3. The minimum Gasteiger partial charge on any atom is -0.477 e. The fourth-order valence-electron chi connectivity index (χ4n) is 3.17. The number of thiazole rings is 1. The number of ether oxygens (including phenoxy) is 1. The Morgan fingerprint density at radius 2 is 2.11 bits per heavy atom. The zero-order chi connectivity index (χ0) is 26.1. The lowest BCUT2D eigenvalue weighted by molar-refractivity contribution is -0.167. The molecule has 188 valence electrons. The van der Waals surface area contributed by atoms with E-state index in [1.807, 2.05) is 0 Å². The number of nitrogens with two attached hydrogens (primary N) is 1. The van der Waals surface area contributed by atoms with E-state index in [2.05, 4.69) is 22.0 Å². The number of carboxylic acids is 1. The van der Waals surface area contributed by atoms with E-state index >= 15 is 0 Å². The number of fused-ring (bicyclic) bond motifs is 1. The highest BCUT2D eigenvalue weighted by atomic mass is 32.2. The highest BCUT2D eigenvalue weighted by Gasteiger charge is 2.54. The number of carbonyl (C=O) groups excluding carboxylic acids is 3. The van der Waals surface area contributed by atoms with Gasteiger partial charge in [0.15, 0.2) is 10.8 Å². The van der Waals surface area contributed by atoms with Gasteiger partial charge in [-0.1, -0.05) is 17.8 Å². The summed E-state index contributed by atoms with van der Waals surface area (Å²) in [5.41, 5.74) is 4.98. The molecule has 3 heterocycles. The number of carbonyl (C=O) groups is 4. The monoisotopic (exact) mass is 523 g/mol. The second-order valence-corrected chi connectivity index (χ2v) is 10.5. The van der Waals surface area contributed by atoms with Gasteiger partial charge in [0, 0.05) is 11.1 Å². The van der Waals surface area contributed by atoms with Crippen molar-refractivity contribution in [2.45, 2.75) is 50.8 Å². The Balaban J connectivity index is 1.79. The fourth-order valence-corrected chi connectivity index (χ4v) is 5.06. The van der Waals surface area contributed by atoms with Crippen LogP contribution in [-0.2, 0) is 28.8 Å². The van der Waals surface area contributed by atoms with Crippen molar-refractivity contribution >= 4 is 57.7 Å². The van der Waals surface area contributed by atoms with E-state index in [0.29, 0.717) is 11.3 Å². The second kappa shape index (κ2) is 10.1. The van der Waals surface area contributed by atoms with Gasteiger partial charge in [-0.3, -0.25) is 14.5 Å². The number of rotatable bonds is 8. The molecule has 12 nitrogen and oxygen atoms in total. The van der Waals surface area contributed by atoms with Gasteiger partial charge in [-0.05, 0) is 33.3 Å². The molecule has 3 atom stereocenters. The van der Waals surface area contributed by atoms with E-state index in [1.54, 1.807) is 20.8 Å². The van der Waals surface area contributed by atoms with E-state index < -0.39 is 46.9 Å². The smallest absolute Gasteiger partial charge is 0.352 e. The average molecular weight is 524 g/mol. The van der Waals surface area contributed by atoms with Crippen molar-refractivity contribution in [1.29, 1.82) is 0 Å². The number of carboxylic acid groups (broad SMARTS) is 1. The van der Waals surface area contributed by atoms with Gasteiger partial charge in [-0.15, -0.1) is 23.1 Å². The number of allylic oxidation sites excluding steroid dienone is 1. The maximum absolute atomic E-state index is 13.1. The average Bonchev–Trinajstić information content (AvgIpc) is 3.20. The molecule has 3 rings (SSSR count). The van der Waals surface area contributed by atoms with Crippen LogP contribution >= 0.6 is 23.1 Å². The number of nitrogens with one attached hydrogen (secondary N) is 1. The molecular formula is C21H25N5O7S2. The lowest BCUT2D eigenvalue weighted by Gasteiger charge is -2.49. The van der Waals surface area contributed by atoms with Gasteiger partial charge in [0.1, 0.15) is 28.4 Å². The lowest BCUT2D eigenvalue weighted by Crippen LogP contribution is -2.71. The third kappa shape index (κ3) is 5.65. The van der Waals surface area contributed by atoms with Gasteiger partial charge in [0.2, 0.25) is 6.10 Å². The molecule has 2 aliphatic rings. The van der Waals surface area contributed by atoms with E-state index in [0.717, 1.165) is 16.2 Å². The van der Waals surface area contributed by atoms with Crippen molar-refractivity contribution in [3.05, 3.63) is 35.0 Å². The van der Waals surface area contributed by atoms with E-state index in [1.165, 1.54) is 30.1 Å². The zero-order valence-corrected chi connectivity index (χ0v) is 21.1. The van der Waals surface area contributed by atoms with Crippen LogP contribution in [0.4, 0.5) is 5.13 Å². The number of aliphatic carboxylic acids is 1. The third-order valence-corrected chi connectivity index (χ3v) is 6.73. The Morgan fingerprint density at radius 1 is 1.43 bits per heavy atom. The number of nitrogens with zero attached hydrogens (tertiary/aromatic N) is 3. The molecule has 0 aromatic carbocycles. The molecule has 1 fully saturated rings. The highest BCUT2D eigenvalue weighted by Crippen LogP contribution is 2.40. The number of β-lactam (4-membered cyclic amide) rings is 1. The maximum atomic E-state index is 13.1. The normalized spacial score (nSPS) is 21.0. The first-order valence-electron chi connectivity index (χ1n) is 10.4. The number of anilines is 1. The summed E-state index contributed by atoms with van der Waals surface area (Å²) in [4.78, 5) is 60.1. The minimum atomic E-state index is -1.26. The Bertz CT molecular complexity index is 1140. The predicted molar refractivity (Wildman–Crippen MR) is 129 cm³/mol. The Labute approximate surface area is 209 Å². The molecule has 0 saturated carbocycles. The molecule has 4 N–H and O–H groups in total. The van der Waals surface area contributed by atoms with Crippen LogP contribution in [0.5, 0.6) is 0 Å². The summed E-state index contributed by atoms with van der Waals surface area (Å²) in [6.45, 7) is 10.1. The molecule has 14 heteroatoms. The van der Waals surface area contributed by atoms with Crippen LogP contribution in [0.2, 0.25) is 0 Å². The molecule has 35 heavy (non-hydrogen) atoms. The zero-order valence-electron chi connectivity index (χ0n) is 19.4. The first kappa shape index (κ1) is 26.2. The molecule has 1 saturated heterocycles. The maximum Gasteiger partial charge on any atom is 0.352 e. The molecule has 2 aliphatic heterocycles. The van der Waals surface area contributed by atoms with Gasteiger partial charge in [-0.2, -0.15) is 0 Å². The summed E-state index contributed by atoms with van der Waals surface area (Å²) >= 11 is 2.35.